The predicted molar refractivity (Wildman–Crippen MR) is 91.5 cm³/mol. The number of amides is 2. The van der Waals surface area contributed by atoms with Gasteiger partial charge in [-0.2, -0.15) is 0 Å². The Labute approximate surface area is 144 Å². The van der Waals surface area contributed by atoms with Crippen LogP contribution in [0, 0.1) is 6.92 Å². The molecule has 7 nitrogen and oxygen atoms in total. The van der Waals surface area contributed by atoms with Gasteiger partial charge in [-0.15, -0.1) is 0 Å². The summed E-state index contributed by atoms with van der Waals surface area (Å²) in [6, 6.07) is 3.09. The molecule has 2 aromatic heterocycles. The molecule has 3 rings (SSSR count). The Kier molecular flexibility index (Phi) is 4.53. The summed E-state index contributed by atoms with van der Waals surface area (Å²) < 4.78 is 1.55. The molecule has 0 bridgehead atoms. The zero-order valence-electron chi connectivity index (χ0n) is 13.5. The summed E-state index contributed by atoms with van der Waals surface area (Å²) in [5.41, 5.74) is 2.04. The summed E-state index contributed by atoms with van der Waals surface area (Å²) in [7, 11) is 1.72. The van der Waals surface area contributed by atoms with Crippen LogP contribution in [-0.2, 0) is 19.9 Å². The van der Waals surface area contributed by atoms with Gasteiger partial charge in [-0.05, 0) is 25.5 Å². The second-order valence-electron chi connectivity index (χ2n) is 5.74. The van der Waals surface area contributed by atoms with E-state index < -0.39 is 0 Å². The number of urea groups is 1. The number of aromatic nitrogens is 3. The average molecular weight is 348 g/mol. The number of carbonyl (C=O) groups excluding carboxylic acids is 1. The molecule has 0 unspecified atom stereocenters. The van der Waals surface area contributed by atoms with E-state index in [4.69, 9.17) is 11.6 Å². The highest BCUT2D eigenvalue weighted by Crippen LogP contribution is 2.14. The van der Waals surface area contributed by atoms with Crippen LogP contribution in [0.25, 0.3) is 0 Å². The lowest BCUT2D eigenvalue weighted by molar-refractivity contribution is 0.214. The number of hydrogen-bond donors (Lipinski definition) is 1. The molecular formula is C16H18ClN5O2. The molecular weight excluding hydrogens is 330 g/mol. The molecule has 1 aliphatic rings. The van der Waals surface area contributed by atoms with Crippen molar-refractivity contribution in [3.05, 3.63) is 50.9 Å². The van der Waals surface area contributed by atoms with Crippen LogP contribution >= 0.6 is 11.6 Å². The topological polar surface area (TPSA) is 80.1 Å². The molecule has 0 spiro atoms. The quantitative estimate of drug-likeness (QED) is 0.797. The number of rotatable bonds is 1. The van der Waals surface area contributed by atoms with Crippen LogP contribution in [0.15, 0.2) is 23.1 Å². The van der Waals surface area contributed by atoms with E-state index in [2.05, 4.69) is 15.3 Å². The van der Waals surface area contributed by atoms with Crippen molar-refractivity contribution in [1.82, 2.24) is 19.4 Å². The number of fused-ring (bicyclic) bond motifs is 1. The lowest BCUT2D eigenvalue weighted by Crippen LogP contribution is -2.37. The molecule has 2 aromatic rings. The van der Waals surface area contributed by atoms with Crippen molar-refractivity contribution in [2.24, 2.45) is 7.05 Å². The van der Waals surface area contributed by atoms with Crippen LogP contribution in [-0.4, -0.2) is 38.6 Å². The highest BCUT2D eigenvalue weighted by Gasteiger charge is 2.22. The third-order valence-corrected chi connectivity index (χ3v) is 4.43. The second-order valence-corrected chi connectivity index (χ2v) is 6.12. The van der Waals surface area contributed by atoms with Crippen molar-refractivity contribution in [3.63, 3.8) is 0 Å². The summed E-state index contributed by atoms with van der Waals surface area (Å²) in [5, 5.41) is 3.16. The fraction of sp³-hybridized carbons (Fsp3) is 0.375. The highest BCUT2D eigenvalue weighted by molar-refractivity contribution is 6.29. The standard InChI is InChI=1S/C16H18ClN5O2/c1-10-19-13-6-8-22(7-5-12(13)15(23)21(10)2)16(24)20-11-3-4-14(17)18-9-11/h3-4,9H,5-8H2,1-2H3,(H,20,24). The minimum Gasteiger partial charge on any atom is -0.324 e. The van der Waals surface area contributed by atoms with Gasteiger partial charge >= 0.3 is 6.03 Å². The van der Waals surface area contributed by atoms with Crippen LogP contribution in [0.3, 0.4) is 0 Å². The van der Waals surface area contributed by atoms with E-state index in [-0.39, 0.29) is 11.6 Å². The Morgan fingerprint density at radius 2 is 2.04 bits per heavy atom. The van der Waals surface area contributed by atoms with E-state index in [0.717, 1.165) is 5.69 Å². The molecule has 8 heteroatoms. The fourth-order valence-corrected chi connectivity index (χ4v) is 2.84. The first-order valence-corrected chi connectivity index (χ1v) is 8.06. The molecule has 0 saturated heterocycles. The van der Waals surface area contributed by atoms with Gasteiger partial charge in [0.2, 0.25) is 0 Å². The molecule has 0 atom stereocenters. The molecule has 0 aromatic carbocycles. The van der Waals surface area contributed by atoms with Gasteiger partial charge in [0.25, 0.3) is 5.56 Å². The molecule has 1 N–H and O–H groups in total. The van der Waals surface area contributed by atoms with E-state index in [1.165, 1.54) is 6.20 Å². The van der Waals surface area contributed by atoms with Crippen molar-refractivity contribution in [1.29, 1.82) is 0 Å². The Morgan fingerprint density at radius 3 is 2.75 bits per heavy atom. The van der Waals surface area contributed by atoms with Crippen LogP contribution < -0.4 is 10.9 Å². The molecule has 24 heavy (non-hydrogen) atoms. The molecule has 126 valence electrons. The minimum absolute atomic E-state index is 0.0262. The summed E-state index contributed by atoms with van der Waals surface area (Å²) in [5.74, 6) is 0.684. The van der Waals surface area contributed by atoms with Crippen molar-refractivity contribution in [2.75, 3.05) is 18.4 Å². The fourth-order valence-electron chi connectivity index (χ4n) is 2.72. The summed E-state index contributed by atoms with van der Waals surface area (Å²) in [6.07, 6.45) is 2.58. The van der Waals surface area contributed by atoms with Gasteiger partial charge in [0.1, 0.15) is 11.0 Å². The summed E-state index contributed by atoms with van der Waals surface area (Å²) in [6.45, 7) is 2.80. The van der Waals surface area contributed by atoms with Crippen molar-refractivity contribution >= 4 is 23.3 Å². The zero-order chi connectivity index (χ0) is 17.3. The van der Waals surface area contributed by atoms with E-state index >= 15 is 0 Å². The monoisotopic (exact) mass is 347 g/mol. The van der Waals surface area contributed by atoms with Crippen LogP contribution in [0.1, 0.15) is 17.1 Å². The number of pyridine rings is 1. The molecule has 0 aliphatic carbocycles. The van der Waals surface area contributed by atoms with E-state index in [9.17, 15) is 9.59 Å². The third-order valence-electron chi connectivity index (χ3n) is 4.21. The van der Waals surface area contributed by atoms with Gasteiger partial charge in [0.05, 0.1) is 17.6 Å². The SMILES string of the molecule is Cc1nc2c(c(=O)n1C)CCN(C(=O)Nc1ccc(Cl)nc1)CC2. The molecule has 1 aliphatic heterocycles. The van der Waals surface area contributed by atoms with Gasteiger partial charge in [-0.25, -0.2) is 14.8 Å². The van der Waals surface area contributed by atoms with Crippen LogP contribution in [0.2, 0.25) is 5.15 Å². The normalized spacial score (nSPS) is 14.0. The maximum Gasteiger partial charge on any atom is 0.321 e. The van der Waals surface area contributed by atoms with Crippen LogP contribution in [0.5, 0.6) is 0 Å². The largest absolute Gasteiger partial charge is 0.324 e. The lowest BCUT2D eigenvalue weighted by atomic mass is 10.1. The summed E-state index contributed by atoms with van der Waals surface area (Å²) >= 11 is 5.74. The number of halogens is 1. The minimum atomic E-state index is -0.222. The smallest absolute Gasteiger partial charge is 0.321 e. The number of aryl methyl sites for hydroxylation is 1. The Bertz CT molecular complexity index is 832. The molecule has 3 heterocycles. The first kappa shape index (κ1) is 16.4. The Morgan fingerprint density at radius 1 is 1.29 bits per heavy atom. The Hall–Kier alpha value is -2.41. The third kappa shape index (κ3) is 3.26. The average Bonchev–Trinajstić information content (AvgIpc) is 2.77. The van der Waals surface area contributed by atoms with Gasteiger partial charge in [0, 0.05) is 32.1 Å². The molecule has 0 fully saturated rings. The maximum atomic E-state index is 12.4. The van der Waals surface area contributed by atoms with Gasteiger partial charge in [0.15, 0.2) is 0 Å². The van der Waals surface area contributed by atoms with E-state index in [0.29, 0.717) is 48.2 Å². The molecule has 2 amide bonds. The molecule has 0 radical (unpaired) electrons. The van der Waals surface area contributed by atoms with Crippen molar-refractivity contribution in [2.45, 2.75) is 19.8 Å². The lowest BCUT2D eigenvalue weighted by Gasteiger charge is -2.20. The van der Waals surface area contributed by atoms with Crippen molar-refractivity contribution in [3.8, 4) is 0 Å². The van der Waals surface area contributed by atoms with E-state index in [1.54, 1.807) is 28.6 Å². The first-order chi connectivity index (χ1) is 11.5. The second kappa shape index (κ2) is 6.60. The number of carbonyl (C=O) groups is 1. The maximum absolute atomic E-state index is 12.4. The number of hydrogen-bond acceptors (Lipinski definition) is 4. The van der Waals surface area contributed by atoms with Gasteiger partial charge < -0.3 is 10.2 Å². The molecule has 0 saturated carbocycles. The van der Waals surface area contributed by atoms with Crippen molar-refractivity contribution < 1.29 is 4.79 Å². The van der Waals surface area contributed by atoms with Gasteiger partial charge in [-0.3, -0.25) is 9.36 Å². The predicted octanol–water partition coefficient (Wildman–Crippen LogP) is 1.77. The first-order valence-electron chi connectivity index (χ1n) is 7.68. The highest BCUT2D eigenvalue weighted by atomic mass is 35.5. The van der Waals surface area contributed by atoms with E-state index in [1.807, 2.05) is 6.92 Å². The number of anilines is 1. The zero-order valence-corrected chi connectivity index (χ0v) is 14.3. The number of nitrogens with zero attached hydrogens (tertiary/aromatic N) is 4. The van der Waals surface area contributed by atoms with Crippen LogP contribution in [0.4, 0.5) is 10.5 Å². The van der Waals surface area contributed by atoms with Gasteiger partial charge in [-0.1, -0.05) is 11.6 Å². The summed E-state index contributed by atoms with van der Waals surface area (Å²) in [4.78, 5) is 34.9. The Balaban J connectivity index is 1.74. The number of nitrogens with one attached hydrogen (secondary N) is 1.